The summed E-state index contributed by atoms with van der Waals surface area (Å²) in [6.07, 6.45) is 9.23. The molecule has 1 aliphatic heterocycles. The first-order chi connectivity index (χ1) is 19.1. The van der Waals surface area contributed by atoms with Crippen LogP contribution in [0.25, 0.3) is 55.7 Å². The average Bonchev–Trinajstić information content (AvgIpc) is 3.57. The van der Waals surface area contributed by atoms with E-state index in [9.17, 15) is 4.39 Å². The number of halogens is 1. The van der Waals surface area contributed by atoms with Gasteiger partial charge in [0.15, 0.2) is 0 Å². The fourth-order valence-electron chi connectivity index (χ4n) is 5.28. The van der Waals surface area contributed by atoms with Gasteiger partial charge in [-0.15, -0.1) is 0 Å². The number of benzene rings is 1. The number of rotatable bonds is 5. The Bertz CT molecular complexity index is 1800. The number of aromatic amines is 2. The fraction of sp³-hybridized carbons (Fsp3) is 0.200. The number of pyridine rings is 3. The molecule has 6 heterocycles. The highest BCUT2D eigenvalue weighted by atomic mass is 19.1. The SMILES string of the molecule is Cc1cc(F)cc(-c2cncc3[nH]c(-c4n[nH]c5ccc(-c6cncc(OC7CCNCC7)c6)nc45)cc23)c1. The van der Waals surface area contributed by atoms with Gasteiger partial charge in [0, 0.05) is 28.9 Å². The summed E-state index contributed by atoms with van der Waals surface area (Å²) in [5.74, 6) is 0.476. The lowest BCUT2D eigenvalue weighted by Gasteiger charge is -2.23. The molecule has 0 spiro atoms. The van der Waals surface area contributed by atoms with Gasteiger partial charge in [-0.1, -0.05) is 6.07 Å². The molecule has 0 radical (unpaired) electrons. The quantitative estimate of drug-likeness (QED) is 0.266. The third-order valence-corrected chi connectivity index (χ3v) is 7.16. The molecular weight excluding hydrogens is 493 g/mol. The number of fused-ring (bicyclic) bond motifs is 2. The molecule has 5 aromatic heterocycles. The Hall–Kier alpha value is -4.63. The van der Waals surface area contributed by atoms with Crippen molar-refractivity contribution in [2.24, 2.45) is 0 Å². The average molecular weight is 520 g/mol. The first-order valence-electron chi connectivity index (χ1n) is 13.0. The molecule has 39 heavy (non-hydrogen) atoms. The molecule has 0 saturated carbocycles. The maximum Gasteiger partial charge on any atom is 0.138 e. The van der Waals surface area contributed by atoms with Crippen LogP contribution < -0.4 is 10.1 Å². The van der Waals surface area contributed by atoms with E-state index in [1.165, 1.54) is 12.1 Å². The van der Waals surface area contributed by atoms with Crippen LogP contribution in [-0.2, 0) is 0 Å². The smallest absolute Gasteiger partial charge is 0.138 e. The van der Waals surface area contributed by atoms with Gasteiger partial charge in [0.1, 0.15) is 28.9 Å². The topological polar surface area (TPSA) is 104 Å². The molecule has 0 aliphatic carbocycles. The van der Waals surface area contributed by atoms with E-state index in [1.807, 2.05) is 37.3 Å². The Morgan fingerprint density at radius 2 is 1.77 bits per heavy atom. The van der Waals surface area contributed by atoms with Crippen LogP contribution in [0.2, 0.25) is 0 Å². The van der Waals surface area contributed by atoms with Crippen molar-refractivity contribution in [3.63, 3.8) is 0 Å². The largest absolute Gasteiger partial charge is 0.489 e. The summed E-state index contributed by atoms with van der Waals surface area (Å²) in [5, 5.41) is 12.0. The van der Waals surface area contributed by atoms with Crippen molar-refractivity contribution >= 4 is 21.9 Å². The molecule has 0 amide bonds. The highest BCUT2D eigenvalue weighted by Crippen LogP contribution is 2.34. The predicted octanol–water partition coefficient (Wildman–Crippen LogP) is 5.81. The Balaban J connectivity index is 1.26. The maximum absolute atomic E-state index is 14.2. The highest BCUT2D eigenvalue weighted by molar-refractivity contribution is 6.00. The predicted molar refractivity (Wildman–Crippen MR) is 149 cm³/mol. The molecule has 1 aromatic carbocycles. The van der Waals surface area contributed by atoms with E-state index in [0.29, 0.717) is 5.69 Å². The molecular formula is C30H26FN7O. The van der Waals surface area contributed by atoms with Crippen LogP contribution in [0, 0.1) is 12.7 Å². The molecule has 1 aliphatic rings. The van der Waals surface area contributed by atoms with Crippen LogP contribution in [0.1, 0.15) is 18.4 Å². The molecule has 0 unspecified atom stereocenters. The van der Waals surface area contributed by atoms with Gasteiger partial charge in [-0.2, -0.15) is 5.10 Å². The number of aromatic nitrogens is 6. The van der Waals surface area contributed by atoms with Gasteiger partial charge in [0.2, 0.25) is 0 Å². The molecule has 0 bridgehead atoms. The molecule has 194 valence electrons. The lowest BCUT2D eigenvalue weighted by Crippen LogP contribution is -2.34. The number of nitrogens with one attached hydrogen (secondary N) is 3. The van der Waals surface area contributed by atoms with Crippen LogP contribution in [0.15, 0.2) is 67.3 Å². The van der Waals surface area contributed by atoms with Crippen LogP contribution in [0.4, 0.5) is 4.39 Å². The normalized spacial score (nSPS) is 14.3. The van der Waals surface area contributed by atoms with Crippen molar-refractivity contribution in [3.8, 4) is 39.5 Å². The van der Waals surface area contributed by atoms with Crippen LogP contribution >= 0.6 is 0 Å². The van der Waals surface area contributed by atoms with Gasteiger partial charge in [-0.05, 0) is 80.4 Å². The van der Waals surface area contributed by atoms with Crippen molar-refractivity contribution in [1.82, 2.24) is 35.5 Å². The maximum atomic E-state index is 14.2. The summed E-state index contributed by atoms with van der Waals surface area (Å²) in [6, 6.07) is 12.9. The third-order valence-electron chi connectivity index (χ3n) is 7.16. The number of ether oxygens (including phenoxy) is 1. The lowest BCUT2D eigenvalue weighted by molar-refractivity contribution is 0.162. The molecule has 7 rings (SSSR count). The fourth-order valence-corrected chi connectivity index (χ4v) is 5.28. The Morgan fingerprint density at radius 1 is 0.897 bits per heavy atom. The Kier molecular flexibility index (Phi) is 5.78. The minimum absolute atomic E-state index is 0.192. The van der Waals surface area contributed by atoms with Crippen molar-refractivity contribution in [3.05, 3.63) is 78.6 Å². The summed E-state index contributed by atoms with van der Waals surface area (Å²) in [7, 11) is 0. The van der Waals surface area contributed by atoms with Gasteiger partial charge in [-0.3, -0.25) is 15.1 Å². The van der Waals surface area contributed by atoms with E-state index in [1.54, 1.807) is 24.8 Å². The van der Waals surface area contributed by atoms with E-state index >= 15 is 0 Å². The van der Waals surface area contributed by atoms with Crippen LogP contribution in [0.5, 0.6) is 5.75 Å². The van der Waals surface area contributed by atoms with Crippen molar-refractivity contribution < 1.29 is 9.13 Å². The minimum Gasteiger partial charge on any atom is -0.489 e. The number of aryl methyl sites for hydroxylation is 1. The zero-order valence-corrected chi connectivity index (χ0v) is 21.3. The van der Waals surface area contributed by atoms with Crippen molar-refractivity contribution in [2.75, 3.05) is 13.1 Å². The first kappa shape index (κ1) is 23.5. The van der Waals surface area contributed by atoms with E-state index < -0.39 is 0 Å². The molecule has 1 saturated heterocycles. The van der Waals surface area contributed by atoms with Crippen LogP contribution in [0.3, 0.4) is 0 Å². The second-order valence-electron chi connectivity index (χ2n) is 9.99. The van der Waals surface area contributed by atoms with Crippen LogP contribution in [-0.4, -0.2) is 49.3 Å². The Labute approximate surface area is 223 Å². The van der Waals surface area contributed by atoms with Gasteiger partial charge in [-0.25, -0.2) is 9.37 Å². The van der Waals surface area contributed by atoms with Gasteiger partial charge < -0.3 is 15.0 Å². The van der Waals surface area contributed by atoms with E-state index in [-0.39, 0.29) is 11.9 Å². The second-order valence-corrected chi connectivity index (χ2v) is 9.99. The van der Waals surface area contributed by atoms with Gasteiger partial charge >= 0.3 is 0 Å². The zero-order chi connectivity index (χ0) is 26.3. The van der Waals surface area contributed by atoms with Gasteiger partial charge in [0.05, 0.1) is 34.8 Å². The summed E-state index contributed by atoms with van der Waals surface area (Å²) in [5.41, 5.74) is 8.02. The van der Waals surface area contributed by atoms with E-state index in [4.69, 9.17) is 9.72 Å². The lowest BCUT2D eigenvalue weighted by atomic mass is 10.0. The zero-order valence-electron chi connectivity index (χ0n) is 21.3. The molecule has 3 N–H and O–H groups in total. The molecule has 8 nitrogen and oxygen atoms in total. The summed E-state index contributed by atoms with van der Waals surface area (Å²) < 4.78 is 20.4. The molecule has 1 fully saturated rings. The van der Waals surface area contributed by atoms with E-state index in [0.717, 1.165) is 87.3 Å². The highest BCUT2D eigenvalue weighted by Gasteiger charge is 2.18. The number of piperidine rings is 1. The standard InChI is InChI=1S/C30H26FN7O/c1-17-8-18(10-20(31)9-17)24-15-34-16-28-23(24)12-27(35-28)30-29-26(37-38-30)3-2-25(36-29)19-11-22(14-33-13-19)39-21-4-6-32-7-5-21/h2-3,8-16,21,32,35H,4-7H2,1H3,(H,37,38). The number of nitrogens with zero attached hydrogens (tertiary/aromatic N) is 4. The van der Waals surface area contributed by atoms with E-state index in [2.05, 4.69) is 30.5 Å². The van der Waals surface area contributed by atoms with Gasteiger partial charge in [0.25, 0.3) is 0 Å². The Morgan fingerprint density at radius 3 is 2.64 bits per heavy atom. The molecule has 6 aromatic rings. The second kappa shape index (κ2) is 9.59. The van der Waals surface area contributed by atoms with Crippen molar-refractivity contribution in [2.45, 2.75) is 25.9 Å². The summed E-state index contributed by atoms with van der Waals surface area (Å²) in [4.78, 5) is 17.2. The van der Waals surface area contributed by atoms with Crippen molar-refractivity contribution in [1.29, 1.82) is 0 Å². The first-order valence-corrected chi connectivity index (χ1v) is 13.0. The number of hydrogen-bond acceptors (Lipinski definition) is 6. The molecule has 0 atom stereocenters. The number of hydrogen-bond donors (Lipinski definition) is 3. The molecule has 9 heteroatoms. The summed E-state index contributed by atoms with van der Waals surface area (Å²) >= 11 is 0. The minimum atomic E-state index is -0.271. The summed E-state index contributed by atoms with van der Waals surface area (Å²) in [6.45, 7) is 3.81. The third kappa shape index (κ3) is 4.51. The monoisotopic (exact) mass is 519 g/mol. The number of H-pyrrole nitrogens is 2.